The molecule has 36 heavy (non-hydrogen) atoms. The number of hydrogen-bond acceptors (Lipinski definition) is 13. The molecule has 0 spiro atoms. The second-order valence-corrected chi connectivity index (χ2v) is 8.73. The number of carboxylic acids is 1. The number of carboxylic acid groups (broad SMARTS) is 1. The van der Waals surface area contributed by atoms with Gasteiger partial charge in [-0.15, -0.1) is 6.58 Å². The maximum Gasteiger partial charge on any atom is 0.407 e. The molecule has 15 nitrogen and oxygen atoms in total. The molecule has 3 heterocycles. The summed E-state index contributed by atoms with van der Waals surface area (Å²) in [7, 11) is 0. The first-order chi connectivity index (χ1) is 17.0. The fourth-order valence-electron chi connectivity index (χ4n) is 4.02. The van der Waals surface area contributed by atoms with Crippen molar-refractivity contribution in [2.75, 3.05) is 19.8 Å². The van der Waals surface area contributed by atoms with Crippen LogP contribution < -0.4 is 5.32 Å². The first kappa shape index (κ1) is 28.6. The van der Waals surface area contributed by atoms with Gasteiger partial charge in [-0.2, -0.15) is 0 Å². The lowest BCUT2D eigenvalue weighted by Crippen LogP contribution is -2.64. The lowest BCUT2D eigenvalue weighted by molar-refractivity contribution is -0.343. The molecule has 0 aromatic rings. The first-order valence-electron chi connectivity index (χ1n) is 11.4. The first-order valence-corrected chi connectivity index (χ1v) is 11.4. The maximum atomic E-state index is 12.1. The van der Waals surface area contributed by atoms with Crippen LogP contribution in [0.3, 0.4) is 0 Å². The quantitative estimate of drug-likeness (QED) is 0.113. The highest BCUT2D eigenvalue weighted by Crippen LogP contribution is 2.38. The molecular weight excluding hydrogens is 490 g/mol. The monoisotopic (exact) mass is 523 g/mol. The number of nitrogens with one attached hydrogen (secondary N) is 1. The van der Waals surface area contributed by atoms with Gasteiger partial charge in [0.15, 0.2) is 12.6 Å². The molecule has 3 saturated heterocycles. The molecule has 3 aliphatic heterocycles. The highest BCUT2D eigenvalue weighted by Gasteiger charge is 2.60. The molecule has 3 rings (SSSR count). The van der Waals surface area contributed by atoms with E-state index in [1.54, 1.807) is 6.08 Å². The Kier molecular flexibility index (Phi) is 9.62. The zero-order valence-electron chi connectivity index (χ0n) is 19.5. The summed E-state index contributed by atoms with van der Waals surface area (Å²) in [6.07, 6.45) is -13.0. The SMILES string of the molecule is C=CCCCOC(=O)NC[C@H]1O[C@@H]2OC(C)(C(=O)O)OC2C(O)[C@@H]1O[C@@H]1OC(CO)[C@H](O)[C@H](O)C1O. The number of ether oxygens (including phenoxy) is 6. The van der Waals surface area contributed by atoms with Gasteiger partial charge in [0, 0.05) is 13.5 Å². The van der Waals surface area contributed by atoms with Crippen molar-refractivity contribution in [2.45, 2.75) is 87.0 Å². The topological polar surface area (TPSA) is 223 Å². The van der Waals surface area contributed by atoms with Crippen molar-refractivity contribution in [3.05, 3.63) is 12.7 Å². The molecule has 0 saturated carbocycles. The normalized spacial score (nSPS) is 42.4. The molecule has 1 amide bonds. The molecule has 3 aliphatic rings. The Balaban J connectivity index is 1.74. The van der Waals surface area contributed by atoms with Crippen LogP contribution in [0.5, 0.6) is 0 Å². The van der Waals surface area contributed by atoms with Gasteiger partial charge in [0.05, 0.1) is 13.2 Å². The summed E-state index contributed by atoms with van der Waals surface area (Å²) in [6, 6.07) is 0. The van der Waals surface area contributed by atoms with Gasteiger partial charge in [-0.25, -0.2) is 9.59 Å². The number of fused-ring (bicyclic) bond motifs is 1. The summed E-state index contributed by atoms with van der Waals surface area (Å²) >= 11 is 0. The van der Waals surface area contributed by atoms with E-state index in [2.05, 4.69) is 11.9 Å². The zero-order chi connectivity index (χ0) is 26.6. The Morgan fingerprint density at radius 1 is 1.06 bits per heavy atom. The standard InChI is InChI=1S/C21H33NO14/c1-3-4-5-6-31-20(30)22-7-9-15(34-17-13(26)12(25)11(24)10(8-23)33-17)14(27)16-18(32-9)36-21(2,35-16)19(28)29/h3,9-18,23-27H,1,4-8H2,2H3,(H,22,30)(H,28,29)/t9-,10?,11+,12+,13?,14?,15-,16?,17+,18-,21?/m1/s1. The molecule has 0 aliphatic carbocycles. The molecule has 0 radical (unpaired) electrons. The second kappa shape index (κ2) is 12.1. The van der Waals surface area contributed by atoms with Crippen molar-refractivity contribution in [3.63, 3.8) is 0 Å². The molecule has 0 aromatic carbocycles. The zero-order valence-corrected chi connectivity index (χ0v) is 19.5. The van der Waals surface area contributed by atoms with E-state index in [0.29, 0.717) is 12.8 Å². The third-order valence-corrected chi connectivity index (χ3v) is 6.08. The van der Waals surface area contributed by atoms with Crippen LogP contribution in [0.1, 0.15) is 19.8 Å². The van der Waals surface area contributed by atoms with Crippen LogP contribution in [0, 0.1) is 0 Å². The number of rotatable bonds is 10. The predicted molar refractivity (Wildman–Crippen MR) is 114 cm³/mol. The number of alkyl carbamates (subject to hydrolysis) is 1. The van der Waals surface area contributed by atoms with Gasteiger partial charge < -0.3 is 64.4 Å². The fourth-order valence-corrected chi connectivity index (χ4v) is 4.02. The third kappa shape index (κ3) is 6.13. The molecule has 3 fully saturated rings. The average molecular weight is 523 g/mol. The van der Waals surface area contributed by atoms with Gasteiger partial charge in [0.25, 0.3) is 5.79 Å². The van der Waals surface area contributed by atoms with E-state index in [-0.39, 0.29) is 13.2 Å². The van der Waals surface area contributed by atoms with E-state index < -0.39 is 85.9 Å². The number of aliphatic carboxylic acids is 1. The lowest BCUT2D eigenvalue weighted by atomic mass is 9.96. The van der Waals surface area contributed by atoms with Gasteiger partial charge >= 0.3 is 12.1 Å². The fraction of sp³-hybridized carbons (Fsp3) is 0.810. The Morgan fingerprint density at radius 2 is 1.78 bits per heavy atom. The van der Waals surface area contributed by atoms with E-state index in [1.807, 2.05) is 0 Å². The summed E-state index contributed by atoms with van der Waals surface area (Å²) in [6.45, 7) is 3.78. The Hall–Kier alpha value is -1.92. The number of aliphatic hydroxyl groups excluding tert-OH is 5. The second-order valence-electron chi connectivity index (χ2n) is 8.73. The molecule has 0 aromatic heterocycles. The highest BCUT2D eigenvalue weighted by atomic mass is 16.8. The minimum absolute atomic E-state index is 0.120. The minimum Gasteiger partial charge on any atom is -0.477 e. The van der Waals surface area contributed by atoms with Crippen molar-refractivity contribution in [1.29, 1.82) is 0 Å². The van der Waals surface area contributed by atoms with Gasteiger partial charge in [0.2, 0.25) is 0 Å². The molecule has 0 bridgehead atoms. The number of unbranched alkanes of at least 4 members (excludes halogenated alkanes) is 1. The summed E-state index contributed by atoms with van der Waals surface area (Å²) < 4.78 is 32.5. The smallest absolute Gasteiger partial charge is 0.407 e. The van der Waals surface area contributed by atoms with Crippen LogP contribution >= 0.6 is 0 Å². The summed E-state index contributed by atoms with van der Waals surface area (Å²) in [5.74, 6) is -3.62. The van der Waals surface area contributed by atoms with E-state index in [9.17, 15) is 40.2 Å². The van der Waals surface area contributed by atoms with Crippen LogP contribution in [0.4, 0.5) is 4.79 Å². The van der Waals surface area contributed by atoms with Crippen molar-refractivity contribution in [1.82, 2.24) is 5.32 Å². The largest absolute Gasteiger partial charge is 0.477 e. The predicted octanol–water partition coefficient (Wildman–Crippen LogP) is -2.83. The molecule has 206 valence electrons. The van der Waals surface area contributed by atoms with Gasteiger partial charge in [-0.05, 0) is 12.8 Å². The van der Waals surface area contributed by atoms with E-state index in [4.69, 9.17) is 28.4 Å². The van der Waals surface area contributed by atoms with Gasteiger partial charge in [-0.3, -0.25) is 0 Å². The van der Waals surface area contributed by atoms with Crippen LogP contribution in [-0.2, 0) is 33.2 Å². The summed E-state index contributed by atoms with van der Waals surface area (Å²) in [5, 5.41) is 62.6. The van der Waals surface area contributed by atoms with E-state index >= 15 is 0 Å². The molecule has 15 heteroatoms. The molecule has 11 atom stereocenters. The van der Waals surface area contributed by atoms with Crippen LogP contribution in [0.25, 0.3) is 0 Å². The average Bonchev–Trinajstić information content (AvgIpc) is 3.20. The van der Waals surface area contributed by atoms with Crippen LogP contribution in [0.2, 0.25) is 0 Å². The summed E-state index contributed by atoms with van der Waals surface area (Å²) in [4.78, 5) is 23.6. The molecular formula is C21H33NO14. The highest BCUT2D eigenvalue weighted by molar-refractivity contribution is 5.75. The number of amides is 1. The van der Waals surface area contributed by atoms with Crippen molar-refractivity contribution >= 4 is 12.1 Å². The number of aliphatic hydroxyl groups is 5. The molecule has 7 N–H and O–H groups in total. The lowest BCUT2D eigenvalue weighted by Gasteiger charge is -2.45. The van der Waals surface area contributed by atoms with E-state index in [0.717, 1.165) is 6.92 Å². The van der Waals surface area contributed by atoms with Crippen molar-refractivity contribution in [3.8, 4) is 0 Å². The number of carbonyl (C=O) groups is 2. The third-order valence-electron chi connectivity index (χ3n) is 6.08. The van der Waals surface area contributed by atoms with Crippen molar-refractivity contribution in [2.24, 2.45) is 0 Å². The maximum absolute atomic E-state index is 12.1. The molecule has 5 unspecified atom stereocenters. The van der Waals surface area contributed by atoms with E-state index in [1.165, 1.54) is 0 Å². The minimum atomic E-state index is -2.14. The van der Waals surface area contributed by atoms with Gasteiger partial charge in [0.1, 0.15) is 48.8 Å². The Labute approximate surface area is 206 Å². The van der Waals surface area contributed by atoms with Crippen molar-refractivity contribution < 1.29 is 68.6 Å². The number of carbonyl (C=O) groups excluding carboxylic acids is 1. The Morgan fingerprint density at radius 3 is 2.42 bits per heavy atom. The van der Waals surface area contributed by atoms with Crippen LogP contribution in [-0.4, -0.2) is 130 Å². The van der Waals surface area contributed by atoms with Gasteiger partial charge in [-0.1, -0.05) is 6.08 Å². The van der Waals surface area contributed by atoms with Crippen LogP contribution in [0.15, 0.2) is 12.7 Å². The Bertz CT molecular complexity index is 782. The number of hydrogen-bond donors (Lipinski definition) is 7. The number of allylic oxidation sites excluding steroid dienone is 1. The summed E-state index contributed by atoms with van der Waals surface area (Å²) in [5.41, 5.74) is 0.